The van der Waals surface area contributed by atoms with Gasteiger partial charge in [-0.25, -0.2) is 8.42 Å². The van der Waals surface area contributed by atoms with Gasteiger partial charge in [0.25, 0.3) is 5.56 Å². The molecule has 156 valence electrons. The Kier molecular flexibility index (Phi) is 5.79. The summed E-state index contributed by atoms with van der Waals surface area (Å²) >= 11 is 0. The predicted molar refractivity (Wildman–Crippen MR) is 110 cm³/mol. The van der Waals surface area contributed by atoms with E-state index in [0.717, 1.165) is 29.8 Å². The number of hydrogen-bond acceptors (Lipinski definition) is 6. The van der Waals surface area contributed by atoms with Gasteiger partial charge < -0.3 is 15.6 Å². The maximum absolute atomic E-state index is 12.6. The number of amides is 1. The van der Waals surface area contributed by atoms with Crippen LogP contribution in [0.1, 0.15) is 35.5 Å². The van der Waals surface area contributed by atoms with Crippen LogP contribution in [0.5, 0.6) is 0 Å². The fourth-order valence-corrected chi connectivity index (χ4v) is 5.10. The number of nitrogen functional groups attached to an aromatic ring is 1. The number of pyridine rings is 2. The quantitative estimate of drug-likeness (QED) is 0.697. The Morgan fingerprint density at radius 3 is 2.59 bits per heavy atom. The van der Waals surface area contributed by atoms with Crippen LogP contribution in [0.3, 0.4) is 0 Å². The van der Waals surface area contributed by atoms with E-state index in [0.29, 0.717) is 5.69 Å². The zero-order chi connectivity index (χ0) is 21.3. The minimum atomic E-state index is -3.62. The summed E-state index contributed by atoms with van der Waals surface area (Å²) in [7, 11) is -3.62. The Morgan fingerprint density at radius 2 is 1.97 bits per heavy atom. The number of nitrogens with zero attached hydrogens (tertiary/aromatic N) is 2. The van der Waals surface area contributed by atoms with E-state index in [9.17, 15) is 18.0 Å². The second-order valence-electron chi connectivity index (χ2n) is 7.65. The van der Waals surface area contributed by atoms with Gasteiger partial charge >= 0.3 is 0 Å². The Bertz CT molecular complexity index is 1120. The number of nitrogens with two attached hydrogens (primary N) is 1. The molecule has 2 aromatic rings. The molecule has 2 heterocycles. The number of anilines is 1. The number of aryl methyl sites for hydroxylation is 3. The van der Waals surface area contributed by atoms with Gasteiger partial charge in [-0.1, -0.05) is 6.07 Å². The molecule has 2 aromatic heterocycles. The lowest BCUT2D eigenvalue weighted by Gasteiger charge is -2.15. The number of carbonyl (C=O) groups excluding carboxylic acids is 1. The summed E-state index contributed by atoms with van der Waals surface area (Å²) in [5.74, 6) is -0.222. The van der Waals surface area contributed by atoms with Gasteiger partial charge in [-0.2, -0.15) is 0 Å². The van der Waals surface area contributed by atoms with Crippen molar-refractivity contribution < 1.29 is 13.2 Å². The van der Waals surface area contributed by atoms with Crippen molar-refractivity contribution in [2.45, 2.75) is 51.6 Å². The minimum Gasteiger partial charge on any atom is -0.393 e. The molecule has 1 saturated carbocycles. The lowest BCUT2D eigenvalue weighted by Crippen LogP contribution is -2.35. The number of sulfone groups is 1. The van der Waals surface area contributed by atoms with Crippen LogP contribution in [-0.2, 0) is 27.7 Å². The summed E-state index contributed by atoms with van der Waals surface area (Å²) in [5.41, 5.74) is 7.84. The number of carbonyl (C=O) groups is 1. The molecular weight excluding hydrogens is 392 g/mol. The second kappa shape index (κ2) is 7.98. The minimum absolute atomic E-state index is 0.00448. The monoisotopic (exact) mass is 418 g/mol. The maximum atomic E-state index is 12.6. The third-order valence-electron chi connectivity index (χ3n) is 5.11. The molecule has 1 fully saturated rings. The standard InChI is InChI=1S/C20H26N4O4S/c1-12-4-7-16(14(3)23-12)9-22-18(25)10-24-13(2)8-17(19(21)20(24)26)29(27,28)11-15-5-6-15/h4,7-8,15H,5-6,9-11,21H2,1-3H3,(H,22,25). The first-order chi connectivity index (χ1) is 13.6. The molecule has 3 N–H and O–H groups in total. The normalized spacial score (nSPS) is 14.0. The van der Waals surface area contributed by atoms with Crippen molar-refractivity contribution >= 4 is 21.4 Å². The smallest absolute Gasteiger partial charge is 0.275 e. The van der Waals surface area contributed by atoms with Crippen LogP contribution in [0.15, 0.2) is 27.9 Å². The van der Waals surface area contributed by atoms with Gasteiger partial charge in [-0.15, -0.1) is 0 Å². The topological polar surface area (TPSA) is 124 Å². The summed E-state index contributed by atoms with van der Waals surface area (Å²) in [6.45, 7) is 5.40. The number of nitrogens with one attached hydrogen (secondary N) is 1. The molecule has 1 aliphatic carbocycles. The van der Waals surface area contributed by atoms with Crippen LogP contribution < -0.4 is 16.6 Å². The summed E-state index contributed by atoms with van der Waals surface area (Å²) in [5, 5.41) is 2.76. The Morgan fingerprint density at radius 1 is 1.28 bits per heavy atom. The number of aromatic nitrogens is 2. The molecule has 0 saturated heterocycles. The van der Waals surface area contributed by atoms with E-state index >= 15 is 0 Å². The second-order valence-corrected chi connectivity index (χ2v) is 9.66. The first-order valence-electron chi connectivity index (χ1n) is 9.51. The van der Waals surface area contributed by atoms with E-state index in [4.69, 9.17) is 5.73 Å². The highest BCUT2D eigenvalue weighted by Gasteiger charge is 2.31. The van der Waals surface area contributed by atoms with E-state index in [1.54, 1.807) is 6.92 Å². The Hall–Kier alpha value is -2.68. The molecule has 0 bridgehead atoms. The predicted octanol–water partition coefficient (Wildman–Crippen LogP) is 1.25. The van der Waals surface area contributed by atoms with Crippen LogP contribution >= 0.6 is 0 Å². The third kappa shape index (κ3) is 4.84. The molecule has 0 aromatic carbocycles. The summed E-state index contributed by atoms with van der Waals surface area (Å²) < 4.78 is 26.3. The number of rotatable bonds is 7. The van der Waals surface area contributed by atoms with Crippen molar-refractivity contribution in [3.63, 3.8) is 0 Å². The summed E-state index contributed by atoms with van der Waals surface area (Å²) in [6, 6.07) is 5.15. The highest BCUT2D eigenvalue weighted by Crippen LogP contribution is 2.33. The summed E-state index contributed by atoms with van der Waals surface area (Å²) in [4.78, 5) is 29.2. The molecule has 8 nitrogen and oxygen atoms in total. The maximum Gasteiger partial charge on any atom is 0.275 e. The van der Waals surface area contributed by atoms with E-state index in [1.165, 1.54) is 10.6 Å². The average Bonchev–Trinajstić information content (AvgIpc) is 3.44. The van der Waals surface area contributed by atoms with Gasteiger partial charge in [-0.05, 0) is 57.2 Å². The van der Waals surface area contributed by atoms with E-state index in [-0.39, 0.29) is 41.3 Å². The van der Waals surface area contributed by atoms with E-state index < -0.39 is 15.4 Å². The highest BCUT2D eigenvalue weighted by molar-refractivity contribution is 7.91. The van der Waals surface area contributed by atoms with Crippen molar-refractivity contribution in [2.75, 3.05) is 11.5 Å². The van der Waals surface area contributed by atoms with Gasteiger partial charge in [-0.3, -0.25) is 14.6 Å². The molecule has 0 unspecified atom stereocenters. The molecule has 0 radical (unpaired) electrons. The largest absolute Gasteiger partial charge is 0.393 e. The van der Waals surface area contributed by atoms with Crippen molar-refractivity contribution in [1.29, 1.82) is 0 Å². The molecule has 0 aliphatic heterocycles. The first kappa shape index (κ1) is 21.0. The van der Waals surface area contributed by atoms with Crippen LogP contribution in [0, 0.1) is 26.7 Å². The van der Waals surface area contributed by atoms with Crippen LogP contribution in [-0.4, -0.2) is 29.6 Å². The van der Waals surface area contributed by atoms with E-state index in [1.807, 2.05) is 26.0 Å². The molecule has 3 rings (SSSR count). The van der Waals surface area contributed by atoms with Gasteiger partial charge in [0.2, 0.25) is 5.91 Å². The van der Waals surface area contributed by atoms with Crippen molar-refractivity contribution in [1.82, 2.24) is 14.9 Å². The fraction of sp³-hybridized carbons (Fsp3) is 0.450. The SMILES string of the molecule is Cc1ccc(CNC(=O)Cn2c(C)cc(S(=O)(=O)CC3CC3)c(N)c2=O)c(C)n1. The molecular formula is C20H26N4O4S. The molecule has 0 atom stereocenters. The van der Waals surface area contributed by atoms with Crippen molar-refractivity contribution in [2.24, 2.45) is 5.92 Å². The first-order valence-corrected chi connectivity index (χ1v) is 11.2. The molecule has 1 aliphatic rings. The molecule has 9 heteroatoms. The molecule has 0 spiro atoms. The fourth-order valence-electron chi connectivity index (χ4n) is 3.19. The van der Waals surface area contributed by atoms with Crippen molar-refractivity contribution in [3.8, 4) is 0 Å². The zero-order valence-electron chi connectivity index (χ0n) is 16.9. The molecule has 29 heavy (non-hydrogen) atoms. The van der Waals surface area contributed by atoms with Gasteiger partial charge in [0.15, 0.2) is 9.84 Å². The zero-order valence-corrected chi connectivity index (χ0v) is 17.7. The van der Waals surface area contributed by atoms with Gasteiger partial charge in [0, 0.05) is 23.6 Å². The van der Waals surface area contributed by atoms with Gasteiger partial charge in [0.1, 0.15) is 12.2 Å². The van der Waals surface area contributed by atoms with E-state index in [2.05, 4.69) is 10.3 Å². The van der Waals surface area contributed by atoms with Crippen LogP contribution in [0.2, 0.25) is 0 Å². The molecule has 1 amide bonds. The lowest BCUT2D eigenvalue weighted by atomic mass is 10.2. The van der Waals surface area contributed by atoms with Gasteiger partial charge in [0.05, 0.1) is 10.6 Å². The highest BCUT2D eigenvalue weighted by atomic mass is 32.2. The Labute approximate surface area is 170 Å². The third-order valence-corrected chi connectivity index (χ3v) is 7.02. The average molecular weight is 419 g/mol. The van der Waals surface area contributed by atoms with Crippen LogP contribution in [0.25, 0.3) is 0 Å². The van der Waals surface area contributed by atoms with Crippen molar-refractivity contribution in [3.05, 3.63) is 51.2 Å². The Balaban J connectivity index is 1.76. The van der Waals surface area contributed by atoms with Crippen LogP contribution in [0.4, 0.5) is 5.69 Å². The lowest BCUT2D eigenvalue weighted by molar-refractivity contribution is -0.121. The summed E-state index contributed by atoms with van der Waals surface area (Å²) in [6.07, 6.45) is 1.76. The number of hydrogen-bond donors (Lipinski definition) is 2.